The van der Waals surface area contributed by atoms with Gasteiger partial charge >= 0.3 is 6.03 Å². The fourth-order valence-corrected chi connectivity index (χ4v) is 2.73. The zero-order chi connectivity index (χ0) is 16.8. The molecule has 0 unspecified atom stereocenters. The summed E-state index contributed by atoms with van der Waals surface area (Å²) in [5.41, 5.74) is 5.32. The fourth-order valence-electron chi connectivity index (χ4n) is 2.73. The molecule has 2 aromatic rings. The first-order valence-electron chi connectivity index (χ1n) is 7.79. The third-order valence-corrected chi connectivity index (χ3v) is 3.90. The largest absolute Gasteiger partial charge is 0.338 e. The molecule has 0 saturated heterocycles. The number of halogens is 1. The van der Waals surface area contributed by atoms with E-state index in [2.05, 4.69) is 29.7 Å². The van der Waals surface area contributed by atoms with Gasteiger partial charge in [0.05, 0.1) is 0 Å². The first kappa shape index (κ1) is 17.0. The van der Waals surface area contributed by atoms with Crippen LogP contribution in [0.4, 0.5) is 9.18 Å². The molecular weight excluding hydrogens is 291 g/mol. The standard InChI is InChI=1S/C19H23FN2O/c1-13-10-14(2)17(15(3)11-13)12-22-19(23)21-9-8-16-6-4-5-7-18(16)20/h4-7,10-11H,8-9,12H2,1-3H3,(H2,21,22,23). The van der Waals surface area contributed by atoms with Crippen LogP contribution in [0.5, 0.6) is 0 Å². The molecular formula is C19H23FN2O. The number of urea groups is 1. The van der Waals surface area contributed by atoms with E-state index in [1.807, 2.05) is 13.8 Å². The normalized spacial score (nSPS) is 10.4. The van der Waals surface area contributed by atoms with Crippen molar-refractivity contribution < 1.29 is 9.18 Å². The lowest BCUT2D eigenvalue weighted by Crippen LogP contribution is -2.36. The molecule has 0 spiro atoms. The quantitative estimate of drug-likeness (QED) is 0.866. The smallest absolute Gasteiger partial charge is 0.315 e. The van der Waals surface area contributed by atoms with Crippen LogP contribution in [-0.4, -0.2) is 12.6 Å². The SMILES string of the molecule is Cc1cc(C)c(CNC(=O)NCCc2ccccc2F)c(C)c1. The van der Waals surface area contributed by atoms with Crippen LogP contribution in [0.2, 0.25) is 0 Å². The van der Waals surface area contributed by atoms with Crippen LogP contribution in [0.3, 0.4) is 0 Å². The Balaban J connectivity index is 1.81. The second kappa shape index (κ2) is 7.77. The minimum Gasteiger partial charge on any atom is -0.338 e. The lowest BCUT2D eigenvalue weighted by atomic mass is 10.00. The zero-order valence-electron chi connectivity index (χ0n) is 13.9. The highest BCUT2D eigenvalue weighted by molar-refractivity contribution is 5.73. The summed E-state index contributed by atoms with van der Waals surface area (Å²) in [6.45, 7) is 7.05. The molecule has 2 N–H and O–H groups in total. The number of carbonyl (C=O) groups is 1. The number of carbonyl (C=O) groups excluding carboxylic acids is 1. The van der Waals surface area contributed by atoms with Gasteiger partial charge in [-0.25, -0.2) is 9.18 Å². The molecule has 0 aliphatic heterocycles. The molecule has 23 heavy (non-hydrogen) atoms. The van der Waals surface area contributed by atoms with Gasteiger partial charge in [-0.2, -0.15) is 0 Å². The summed E-state index contributed by atoms with van der Waals surface area (Å²) in [4.78, 5) is 11.9. The number of nitrogens with one attached hydrogen (secondary N) is 2. The van der Waals surface area contributed by atoms with Crippen molar-refractivity contribution in [2.45, 2.75) is 33.7 Å². The number of amides is 2. The van der Waals surface area contributed by atoms with Crippen LogP contribution in [-0.2, 0) is 13.0 Å². The van der Waals surface area contributed by atoms with Gasteiger partial charge in [0.25, 0.3) is 0 Å². The first-order valence-corrected chi connectivity index (χ1v) is 7.79. The Hall–Kier alpha value is -2.36. The summed E-state index contributed by atoms with van der Waals surface area (Å²) in [7, 11) is 0. The minimum atomic E-state index is -0.236. The Morgan fingerprint density at radius 3 is 2.35 bits per heavy atom. The van der Waals surface area contributed by atoms with Gasteiger partial charge in [0.2, 0.25) is 0 Å². The highest BCUT2D eigenvalue weighted by Gasteiger charge is 2.07. The van der Waals surface area contributed by atoms with E-state index in [0.29, 0.717) is 25.1 Å². The lowest BCUT2D eigenvalue weighted by Gasteiger charge is -2.13. The van der Waals surface area contributed by atoms with E-state index in [-0.39, 0.29) is 11.8 Å². The van der Waals surface area contributed by atoms with Crippen molar-refractivity contribution in [3.8, 4) is 0 Å². The van der Waals surface area contributed by atoms with E-state index in [9.17, 15) is 9.18 Å². The molecule has 0 aliphatic carbocycles. The van der Waals surface area contributed by atoms with Gasteiger partial charge < -0.3 is 10.6 Å². The van der Waals surface area contributed by atoms with Crippen LogP contribution in [0, 0.1) is 26.6 Å². The molecule has 0 saturated carbocycles. The van der Waals surface area contributed by atoms with Crippen molar-refractivity contribution in [1.29, 1.82) is 0 Å². The summed E-state index contributed by atoms with van der Waals surface area (Å²) in [5.74, 6) is -0.236. The van der Waals surface area contributed by atoms with E-state index in [1.54, 1.807) is 18.2 Å². The molecule has 0 radical (unpaired) electrons. The van der Waals surface area contributed by atoms with Gasteiger partial charge in [0.15, 0.2) is 0 Å². The molecule has 4 heteroatoms. The molecule has 0 atom stereocenters. The van der Waals surface area contributed by atoms with Crippen molar-refractivity contribution in [2.24, 2.45) is 0 Å². The van der Waals surface area contributed by atoms with Crippen molar-refractivity contribution in [1.82, 2.24) is 10.6 Å². The minimum absolute atomic E-state index is 0.235. The second-order valence-corrected chi connectivity index (χ2v) is 5.83. The van der Waals surface area contributed by atoms with Crippen LogP contribution in [0.25, 0.3) is 0 Å². The molecule has 3 nitrogen and oxygen atoms in total. The zero-order valence-corrected chi connectivity index (χ0v) is 13.9. The van der Waals surface area contributed by atoms with E-state index in [1.165, 1.54) is 22.8 Å². The third-order valence-electron chi connectivity index (χ3n) is 3.90. The maximum Gasteiger partial charge on any atom is 0.315 e. The number of aryl methyl sites for hydroxylation is 3. The molecule has 0 aliphatic rings. The van der Waals surface area contributed by atoms with Gasteiger partial charge in [0.1, 0.15) is 5.82 Å². The summed E-state index contributed by atoms with van der Waals surface area (Å²) in [5, 5.41) is 5.62. The van der Waals surface area contributed by atoms with Crippen molar-refractivity contribution >= 4 is 6.03 Å². The molecule has 0 aromatic heterocycles. The molecule has 0 fully saturated rings. The van der Waals surface area contributed by atoms with Gasteiger partial charge in [-0.15, -0.1) is 0 Å². The number of hydrogen-bond acceptors (Lipinski definition) is 1. The Morgan fingerprint density at radius 2 is 1.70 bits per heavy atom. The second-order valence-electron chi connectivity index (χ2n) is 5.83. The van der Waals surface area contributed by atoms with Crippen molar-refractivity contribution in [2.75, 3.05) is 6.54 Å². The molecule has 0 bridgehead atoms. The molecule has 2 amide bonds. The molecule has 0 heterocycles. The summed E-state index contributed by atoms with van der Waals surface area (Å²) in [6, 6.07) is 10.6. The van der Waals surface area contributed by atoms with E-state index < -0.39 is 0 Å². The first-order chi connectivity index (χ1) is 11.0. The molecule has 2 rings (SSSR count). The van der Waals surface area contributed by atoms with Crippen LogP contribution < -0.4 is 10.6 Å². The van der Waals surface area contributed by atoms with E-state index in [4.69, 9.17) is 0 Å². The van der Waals surface area contributed by atoms with E-state index >= 15 is 0 Å². The van der Waals surface area contributed by atoms with Gasteiger partial charge in [-0.05, 0) is 55.5 Å². The topological polar surface area (TPSA) is 41.1 Å². The fraction of sp³-hybridized carbons (Fsp3) is 0.316. The van der Waals surface area contributed by atoms with Gasteiger partial charge in [-0.1, -0.05) is 35.9 Å². The van der Waals surface area contributed by atoms with Crippen LogP contribution in [0.1, 0.15) is 27.8 Å². The Morgan fingerprint density at radius 1 is 1.04 bits per heavy atom. The van der Waals surface area contributed by atoms with Gasteiger partial charge in [-0.3, -0.25) is 0 Å². The highest BCUT2D eigenvalue weighted by atomic mass is 19.1. The van der Waals surface area contributed by atoms with Crippen LogP contribution in [0.15, 0.2) is 36.4 Å². The Labute approximate surface area is 136 Å². The van der Waals surface area contributed by atoms with Crippen molar-refractivity contribution in [3.63, 3.8) is 0 Å². The van der Waals surface area contributed by atoms with E-state index in [0.717, 1.165) is 5.56 Å². The number of hydrogen-bond donors (Lipinski definition) is 2. The Kier molecular flexibility index (Phi) is 5.74. The predicted molar refractivity (Wildman–Crippen MR) is 91.0 cm³/mol. The third kappa shape index (κ3) is 4.81. The van der Waals surface area contributed by atoms with Crippen LogP contribution >= 0.6 is 0 Å². The maximum absolute atomic E-state index is 13.5. The number of benzene rings is 2. The molecule has 2 aromatic carbocycles. The number of rotatable bonds is 5. The van der Waals surface area contributed by atoms with Crippen molar-refractivity contribution in [3.05, 3.63) is 70.0 Å². The Bertz CT molecular complexity index is 675. The predicted octanol–water partition coefficient (Wildman–Crippen LogP) is 3.79. The highest BCUT2D eigenvalue weighted by Crippen LogP contribution is 2.15. The maximum atomic E-state index is 13.5. The van der Waals surface area contributed by atoms with Gasteiger partial charge in [0, 0.05) is 13.1 Å². The summed E-state index contributed by atoms with van der Waals surface area (Å²) < 4.78 is 13.5. The average Bonchev–Trinajstić information content (AvgIpc) is 2.48. The monoisotopic (exact) mass is 314 g/mol. The summed E-state index contributed by atoms with van der Waals surface area (Å²) in [6.07, 6.45) is 0.475. The average molecular weight is 314 g/mol. The molecule has 122 valence electrons. The summed E-state index contributed by atoms with van der Waals surface area (Å²) >= 11 is 0. The lowest BCUT2D eigenvalue weighted by molar-refractivity contribution is 0.240.